The van der Waals surface area contributed by atoms with Crippen molar-refractivity contribution in [1.82, 2.24) is 0 Å². The van der Waals surface area contributed by atoms with Gasteiger partial charge in [0.1, 0.15) is 16.6 Å². The Morgan fingerprint density at radius 1 is 1.21 bits per heavy atom. The molecule has 0 aliphatic heterocycles. The quantitative estimate of drug-likeness (QED) is 0.861. The van der Waals surface area contributed by atoms with Gasteiger partial charge in [-0.15, -0.1) is 0 Å². The number of carbonyl (C=O) groups is 1. The van der Waals surface area contributed by atoms with Crippen LogP contribution in [0.1, 0.15) is 11.5 Å². The number of hydrogen-bond acceptors (Lipinski definition) is 4. The molecule has 1 aliphatic rings. The van der Waals surface area contributed by atoms with Crippen LogP contribution in [0.3, 0.4) is 0 Å². The zero-order chi connectivity index (χ0) is 17.7. The number of nitrogens with two attached hydrogens (primary N) is 1. The van der Waals surface area contributed by atoms with Gasteiger partial charge in [0, 0.05) is 10.9 Å². The molecule has 126 valence electrons. The molecule has 0 spiro atoms. The highest BCUT2D eigenvalue weighted by atomic mass is 35.5. The molecule has 3 atom stereocenters. The fourth-order valence-electron chi connectivity index (χ4n) is 2.99. The van der Waals surface area contributed by atoms with Gasteiger partial charge >= 0.3 is 5.97 Å². The van der Waals surface area contributed by atoms with Crippen LogP contribution in [0.25, 0.3) is 0 Å². The molecule has 3 rings (SSSR count). The van der Waals surface area contributed by atoms with Crippen molar-refractivity contribution in [2.24, 2.45) is 5.73 Å². The maximum atomic E-state index is 13.4. The maximum absolute atomic E-state index is 13.4. The summed E-state index contributed by atoms with van der Waals surface area (Å²) < 4.78 is 39.1. The summed E-state index contributed by atoms with van der Waals surface area (Å²) in [5, 5.41) is 8.40. The van der Waals surface area contributed by atoms with Gasteiger partial charge in [-0.05, 0) is 42.0 Å². The summed E-state index contributed by atoms with van der Waals surface area (Å²) in [5.41, 5.74) is 4.12. The van der Waals surface area contributed by atoms with Crippen LogP contribution < -0.4 is 5.73 Å². The molecule has 24 heavy (non-hydrogen) atoms. The third kappa shape index (κ3) is 2.49. The van der Waals surface area contributed by atoms with E-state index in [4.69, 9.17) is 17.3 Å². The van der Waals surface area contributed by atoms with Crippen molar-refractivity contribution in [2.75, 3.05) is 0 Å². The Kier molecular flexibility index (Phi) is 3.90. The summed E-state index contributed by atoms with van der Waals surface area (Å²) in [6.07, 6.45) is 0. The molecule has 3 unspecified atom stereocenters. The Balaban J connectivity index is 2.08. The third-order valence-electron chi connectivity index (χ3n) is 4.23. The van der Waals surface area contributed by atoms with Gasteiger partial charge in [0.25, 0.3) is 0 Å². The summed E-state index contributed by atoms with van der Waals surface area (Å²) in [5.74, 6) is -3.07. The summed E-state index contributed by atoms with van der Waals surface area (Å²) >= 11 is 5.75. The molecule has 0 radical (unpaired) electrons. The van der Waals surface area contributed by atoms with E-state index in [1.807, 2.05) is 0 Å². The predicted octanol–water partition coefficient (Wildman–Crippen LogP) is 2.20. The fourth-order valence-corrected chi connectivity index (χ4v) is 5.34. The lowest BCUT2D eigenvalue weighted by molar-refractivity contribution is -0.139. The lowest BCUT2D eigenvalue weighted by Crippen LogP contribution is -2.39. The molecule has 2 aromatic rings. The zero-order valence-electron chi connectivity index (χ0n) is 12.2. The molecule has 0 heterocycles. The van der Waals surface area contributed by atoms with Gasteiger partial charge < -0.3 is 10.8 Å². The van der Waals surface area contributed by atoms with E-state index in [-0.39, 0.29) is 10.5 Å². The van der Waals surface area contributed by atoms with Crippen molar-refractivity contribution in [3.8, 4) is 0 Å². The SMILES string of the molecule is NC1(C(=O)O)C(c2cccc(F)c2)C1S(=O)(=O)c1ccc(Cl)cc1. The fraction of sp³-hybridized carbons (Fsp3) is 0.188. The third-order valence-corrected chi connectivity index (χ3v) is 6.75. The van der Waals surface area contributed by atoms with E-state index in [0.29, 0.717) is 5.02 Å². The van der Waals surface area contributed by atoms with E-state index >= 15 is 0 Å². The number of benzene rings is 2. The standard InChI is InChI=1S/C16H13ClFNO4S/c17-10-4-6-12(7-5-10)24(22,23)14-13(16(14,19)15(20)21)9-2-1-3-11(18)8-9/h1-8,13-14H,19H2,(H,20,21). The Bertz CT molecular complexity index is 916. The Hall–Kier alpha value is -1.96. The van der Waals surface area contributed by atoms with Crippen LogP contribution in [0.4, 0.5) is 4.39 Å². The molecule has 0 amide bonds. The van der Waals surface area contributed by atoms with Crippen LogP contribution in [0.2, 0.25) is 5.02 Å². The lowest BCUT2D eigenvalue weighted by atomic mass is 10.1. The number of carboxylic acid groups (broad SMARTS) is 1. The first-order valence-electron chi connectivity index (χ1n) is 6.96. The predicted molar refractivity (Wildman–Crippen MR) is 86.1 cm³/mol. The summed E-state index contributed by atoms with van der Waals surface area (Å²) in [6, 6.07) is 10.5. The van der Waals surface area contributed by atoms with Gasteiger partial charge in [0.2, 0.25) is 0 Å². The van der Waals surface area contributed by atoms with Crippen LogP contribution in [0, 0.1) is 5.82 Å². The summed E-state index contributed by atoms with van der Waals surface area (Å²) in [7, 11) is -4.03. The topological polar surface area (TPSA) is 97.5 Å². The average Bonchev–Trinajstić information content (AvgIpc) is 3.17. The van der Waals surface area contributed by atoms with Crippen LogP contribution in [-0.4, -0.2) is 30.3 Å². The monoisotopic (exact) mass is 369 g/mol. The van der Waals surface area contributed by atoms with Crippen molar-refractivity contribution in [1.29, 1.82) is 0 Å². The molecule has 0 saturated heterocycles. The van der Waals surface area contributed by atoms with E-state index in [1.165, 1.54) is 42.5 Å². The second-order valence-corrected chi connectivity index (χ2v) is 8.20. The largest absolute Gasteiger partial charge is 0.480 e. The molecular weight excluding hydrogens is 357 g/mol. The maximum Gasteiger partial charge on any atom is 0.325 e. The van der Waals surface area contributed by atoms with Gasteiger partial charge in [-0.1, -0.05) is 23.7 Å². The van der Waals surface area contributed by atoms with Crippen LogP contribution >= 0.6 is 11.6 Å². The first kappa shape index (κ1) is 16.9. The molecule has 1 aliphatic carbocycles. The minimum absolute atomic E-state index is 0.0770. The molecule has 1 saturated carbocycles. The Morgan fingerprint density at radius 2 is 1.83 bits per heavy atom. The van der Waals surface area contributed by atoms with E-state index in [1.54, 1.807) is 0 Å². The second kappa shape index (κ2) is 5.54. The average molecular weight is 370 g/mol. The molecular formula is C16H13ClFNO4S. The van der Waals surface area contributed by atoms with E-state index in [2.05, 4.69) is 0 Å². The van der Waals surface area contributed by atoms with Crippen molar-refractivity contribution >= 4 is 27.4 Å². The van der Waals surface area contributed by atoms with Gasteiger partial charge in [-0.3, -0.25) is 4.79 Å². The van der Waals surface area contributed by atoms with Crippen molar-refractivity contribution in [3.63, 3.8) is 0 Å². The molecule has 5 nitrogen and oxygen atoms in total. The lowest BCUT2D eigenvalue weighted by Gasteiger charge is -2.06. The van der Waals surface area contributed by atoms with E-state index in [9.17, 15) is 22.7 Å². The normalized spacial score (nSPS) is 26.1. The second-order valence-electron chi connectivity index (χ2n) is 5.69. The summed E-state index contributed by atoms with van der Waals surface area (Å²) in [6.45, 7) is 0. The van der Waals surface area contributed by atoms with Crippen LogP contribution in [-0.2, 0) is 14.6 Å². The van der Waals surface area contributed by atoms with Gasteiger partial charge in [0.15, 0.2) is 9.84 Å². The minimum atomic E-state index is -4.03. The Labute approximate surface area is 142 Å². The number of sulfone groups is 1. The van der Waals surface area contributed by atoms with E-state index < -0.39 is 38.3 Å². The zero-order valence-corrected chi connectivity index (χ0v) is 13.8. The minimum Gasteiger partial charge on any atom is -0.480 e. The van der Waals surface area contributed by atoms with Crippen molar-refractivity contribution in [2.45, 2.75) is 21.6 Å². The van der Waals surface area contributed by atoms with Gasteiger partial charge in [-0.2, -0.15) is 0 Å². The smallest absolute Gasteiger partial charge is 0.325 e. The van der Waals surface area contributed by atoms with Crippen molar-refractivity contribution in [3.05, 3.63) is 64.9 Å². The Morgan fingerprint density at radius 3 is 2.38 bits per heavy atom. The molecule has 3 N–H and O–H groups in total. The summed E-state index contributed by atoms with van der Waals surface area (Å²) in [4.78, 5) is 11.5. The number of halogens is 2. The molecule has 1 fully saturated rings. The molecule has 0 bridgehead atoms. The van der Waals surface area contributed by atoms with Gasteiger partial charge in [-0.25, -0.2) is 12.8 Å². The number of rotatable bonds is 4. The van der Waals surface area contributed by atoms with Crippen LogP contribution in [0.15, 0.2) is 53.4 Å². The highest BCUT2D eigenvalue weighted by Gasteiger charge is 2.74. The number of hydrogen-bond donors (Lipinski definition) is 2. The highest BCUT2D eigenvalue weighted by molar-refractivity contribution is 7.92. The number of carboxylic acids is 1. The van der Waals surface area contributed by atoms with Crippen molar-refractivity contribution < 1.29 is 22.7 Å². The molecule has 0 aromatic heterocycles. The molecule has 2 aromatic carbocycles. The molecule has 8 heteroatoms. The first-order chi connectivity index (χ1) is 11.2. The van der Waals surface area contributed by atoms with E-state index in [0.717, 1.165) is 6.07 Å². The van der Waals surface area contributed by atoms with Gasteiger partial charge in [0.05, 0.1) is 4.90 Å². The van der Waals surface area contributed by atoms with Crippen LogP contribution in [0.5, 0.6) is 0 Å². The number of aliphatic carboxylic acids is 1. The first-order valence-corrected chi connectivity index (χ1v) is 8.88. The highest BCUT2D eigenvalue weighted by Crippen LogP contribution is 2.55.